The molecule has 0 saturated carbocycles. The summed E-state index contributed by atoms with van der Waals surface area (Å²) in [6.07, 6.45) is 1.58. The van der Waals surface area contributed by atoms with Crippen molar-refractivity contribution >= 4 is 43.5 Å². The van der Waals surface area contributed by atoms with E-state index >= 15 is 0 Å². The van der Waals surface area contributed by atoms with Gasteiger partial charge in [0.25, 0.3) is 0 Å². The Hall–Kier alpha value is -2.19. The number of nitrogens with zero attached hydrogens (tertiary/aromatic N) is 1. The number of carbonyl (C=O) groups is 1. The Bertz CT molecular complexity index is 1150. The average molecular weight is 550 g/mol. The predicted octanol–water partition coefficient (Wildman–Crippen LogP) is 5.43. The first-order valence-electron chi connectivity index (χ1n) is 10.6. The first-order valence-corrected chi connectivity index (χ1v) is 13.2. The second-order valence-corrected chi connectivity index (χ2v) is 11.1. The van der Waals surface area contributed by atoms with Crippen molar-refractivity contribution in [1.82, 2.24) is 9.62 Å². The van der Waals surface area contributed by atoms with Crippen molar-refractivity contribution in [3.8, 4) is 0 Å². The number of carbonyl (C=O) groups excluding carboxylic acids is 1. The zero-order chi connectivity index (χ0) is 23.8. The highest BCUT2D eigenvalue weighted by atomic mass is 79.9. The summed E-state index contributed by atoms with van der Waals surface area (Å²) in [5, 5.41) is 3.50. The van der Waals surface area contributed by atoms with E-state index in [0.717, 1.165) is 22.9 Å². The SMILES string of the molecule is C[C@@H](CCc1ccccc1)NC(=O)CN(Cc1ccc(Cl)cc1)S(=O)(=O)c1ccc(Br)cc1. The van der Waals surface area contributed by atoms with Crippen molar-refractivity contribution in [1.29, 1.82) is 0 Å². The minimum absolute atomic E-state index is 0.0569. The van der Waals surface area contributed by atoms with Crippen LogP contribution in [-0.2, 0) is 27.8 Å². The summed E-state index contributed by atoms with van der Waals surface area (Å²) in [4.78, 5) is 12.9. The highest BCUT2D eigenvalue weighted by Crippen LogP contribution is 2.21. The van der Waals surface area contributed by atoms with Gasteiger partial charge in [0.2, 0.25) is 15.9 Å². The molecular formula is C25H26BrClN2O3S. The van der Waals surface area contributed by atoms with E-state index in [1.54, 1.807) is 36.4 Å². The number of halogens is 2. The first-order chi connectivity index (χ1) is 15.7. The van der Waals surface area contributed by atoms with Gasteiger partial charge in [0, 0.05) is 22.1 Å². The van der Waals surface area contributed by atoms with Gasteiger partial charge in [-0.2, -0.15) is 4.31 Å². The lowest BCUT2D eigenvalue weighted by atomic mass is 10.1. The van der Waals surface area contributed by atoms with Gasteiger partial charge < -0.3 is 5.32 Å². The zero-order valence-corrected chi connectivity index (χ0v) is 21.4. The average Bonchev–Trinajstić information content (AvgIpc) is 2.79. The molecule has 1 atom stereocenters. The molecule has 5 nitrogen and oxygen atoms in total. The Morgan fingerprint density at radius 1 is 0.970 bits per heavy atom. The Kier molecular flexibility index (Phi) is 9.09. The van der Waals surface area contributed by atoms with Crippen molar-refractivity contribution in [3.05, 3.63) is 99.5 Å². The standard InChI is InChI=1S/C25H26BrClN2O3S/c1-19(7-8-20-5-3-2-4-6-20)28-25(30)18-29(17-21-9-13-23(27)14-10-21)33(31,32)24-15-11-22(26)12-16-24/h2-6,9-16,19H,7-8,17-18H2,1H3,(H,28,30)/t19-/m0/s1. The molecule has 3 aromatic rings. The first kappa shape index (κ1) is 25.4. The van der Waals surface area contributed by atoms with Crippen LogP contribution in [0.2, 0.25) is 5.02 Å². The van der Waals surface area contributed by atoms with Crippen LogP contribution < -0.4 is 5.32 Å². The van der Waals surface area contributed by atoms with Crippen molar-refractivity contribution in [3.63, 3.8) is 0 Å². The van der Waals surface area contributed by atoms with E-state index in [2.05, 4.69) is 21.2 Å². The third-order valence-electron chi connectivity index (χ3n) is 5.16. The maximum absolute atomic E-state index is 13.4. The van der Waals surface area contributed by atoms with Crippen molar-refractivity contribution in [2.45, 2.75) is 37.2 Å². The Labute approximate surface area is 209 Å². The summed E-state index contributed by atoms with van der Waals surface area (Å²) in [6.45, 7) is 1.70. The molecule has 0 saturated heterocycles. The van der Waals surface area contributed by atoms with E-state index in [1.165, 1.54) is 22.0 Å². The number of hydrogen-bond donors (Lipinski definition) is 1. The fraction of sp³-hybridized carbons (Fsp3) is 0.240. The Morgan fingerprint density at radius 3 is 2.24 bits per heavy atom. The Balaban J connectivity index is 1.72. The van der Waals surface area contributed by atoms with Crippen LogP contribution in [0.25, 0.3) is 0 Å². The monoisotopic (exact) mass is 548 g/mol. The van der Waals surface area contributed by atoms with E-state index in [1.807, 2.05) is 37.3 Å². The fourth-order valence-electron chi connectivity index (χ4n) is 3.36. The topological polar surface area (TPSA) is 66.5 Å². The van der Waals surface area contributed by atoms with Gasteiger partial charge in [0.1, 0.15) is 0 Å². The highest BCUT2D eigenvalue weighted by molar-refractivity contribution is 9.10. The number of rotatable bonds is 10. The largest absolute Gasteiger partial charge is 0.352 e. The van der Waals surface area contributed by atoms with Crippen LogP contribution >= 0.6 is 27.5 Å². The summed E-state index contributed by atoms with van der Waals surface area (Å²) in [5.41, 5.74) is 1.94. The number of nitrogens with one attached hydrogen (secondary N) is 1. The quantitative estimate of drug-likeness (QED) is 0.367. The summed E-state index contributed by atoms with van der Waals surface area (Å²) >= 11 is 9.29. The van der Waals surface area contributed by atoms with E-state index in [4.69, 9.17) is 11.6 Å². The second kappa shape index (κ2) is 11.8. The van der Waals surface area contributed by atoms with Crippen LogP contribution in [0.1, 0.15) is 24.5 Å². The molecule has 0 radical (unpaired) electrons. The lowest BCUT2D eigenvalue weighted by molar-refractivity contribution is -0.122. The van der Waals surface area contributed by atoms with Gasteiger partial charge in [-0.15, -0.1) is 0 Å². The lowest BCUT2D eigenvalue weighted by Crippen LogP contribution is -2.43. The molecule has 33 heavy (non-hydrogen) atoms. The maximum atomic E-state index is 13.4. The molecule has 0 heterocycles. The van der Waals surface area contributed by atoms with Gasteiger partial charge >= 0.3 is 0 Å². The van der Waals surface area contributed by atoms with Crippen LogP contribution in [0.4, 0.5) is 0 Å². The van der Waals surface area contributed by atoms with E-state index < -0.39 is 10.0 Å². The van der Waals surface area contributed by atoms with Crippen molar-refractivity contribution in [2.75, 3.05) is 6.54 Å². The maximum Gasteiger partial charge on any atom is 0.243 e. The number of amides is 1. The van der Waals surface area contributed by atoms with Gasteiger partial charge in [-0.05, 0) is 67.3 Å². The van der Waals surface area contributed by atoms with E-state index in [-0.39, 0.29) is 29.9 Å². The third kappa shape index (κ3) is 7.67. The van der Waals surface area contributed by atoms with Crippen molar-refractivity contribution in [2.24, 2.45) is 0 Å². The molecule has 0 fully saturated rings. The molecule has 1 N–H and O–H groups in total. The molecule has 0 spiro atoms. The summed E-state index contributed by atoms with van der Waals surface area (Å²) in [7, 11) is -3.89. The summed E-state index contributed by atoms with van der Waals surface area (Å²) in [6, 6.07) is 23.2. The van der Waals surface area contributed by atoms with Crippen molar-refractivity contribution < 1.29 is 13.2 Å². The molecular weight excluding hydrogens is 524 g/mol. The molecule has 0 aliphatic rings. The predicted molar refractivity (Wildman–Crippen MR) is 136 cm³/mol. The summed E-state index contributed by atoms with van der Waals surface area (Å²) < 4.78 is 28.7. The molecule has 8 heteroatoms. The molecule has 0 aliphatic carbocycles. The molecule has 3 rings (SSSR count). The molecule has 0 bridgehead atoms. The smallest absolute Gasteiger partial charge is 0.243 e. The van der Waals surface area contributed by atoms with Crippen LogP contribution in [0.5, 0.6) is 0 Å². The van der Waals surface area contributed by atoms with Gasteiger partial charge in [-0.3, -0.25) is 4.79 Å². The van der Waals surface area contributed by atoms with Gasteiger partial charge in [-0.25, -0.2) is 8.42 Å². The van der Waals surface area contributed by atoms with Gasteiger partial charge in [0.05, 0.1) is 11.4 Å². The van der Waals surface area contributed by atoms with Crippen LogP contribution in [0.15, 0.2) is 88.2 Å². The van der Waals surface area contributed by atoms with Gasteiger partial charge in [0.15, 0.2) is 0 Å². The number of aryl methyl sites for hydroxylation is 1. The molecule has 0 aliphatic heterocycles. The van der Waals surface area contributed by atoms with Gasteiger partial charge in [-0.1, -0.05) is 70.0 Å². The molecule has 1 amide bonds. The van der Waals surface area contributed by atoms with E-state index in [0.29, 0.717) is 5.02 Å². The molecule has 174 valence electrons. The Morgan fingerprint density at radius 2 is 1.61 bits per heavy atom. The fourth-order valence-corrected chi connectivity index (χ4v) is 5.13. The number of hydrogen-bond acceptors (Lipinski definition) is 3. The molecule has 3 aromatic carbocycles. The molecule has 0 unspecified atom stereocenters. The highest BCUT2D eigenvalue weighted by Gasteiger charge is 2.27. The van der Waals surface area contributed by atoms with E-state index in [9.17, 15) is 13.2 Å². The minimum Gasteiger partial charge on any atom is -0.352 e. The molecule has 0 aromatic heterocycles. The third-order valence-corrected chi connectivity index (χ3v) is 7.75. The lowest BCUT2D eigenvalue weighted by Gasteiger charge is -2.23. The second-order valence-electron chi connectivity index (χ2n) is 7.85. The summed E-state index contributed by atoms with van der Waals surface area (Å²) in [5.74, 6) is -0.342. The van der Waals surface area contributed by atoms with Crippen LogP contribution in [0.3, 0.4) is 0 Å². The number of sulfonamides is 1. The van der Waals surface area contributed by atoms with Crippen LogP contribution in [0, 0.1) is 0 Å². The zero-order valence-electron chi connectivity index (χ0n) is 18.2. The number of benzene rings is 3. The normalized spacial score (nSPS) is 12.5. The van der Waals surface area contributed by atoms with Crippen LogP contribution in [-0.4, -0.2) is 31.2 Å². The minimum atomic E-state index is -3.89.